The summed E-state index contributed by atoms with van der Waals surface area (Å²) in [6.07, 6.45) is 2.03. The van der Waals surface area contributed by atoms with Crippen LogP contribution in [-0.4, -0.2) is 29.2 Å². The molecule has 0 spiro atoms. The Morgan fingerprint density at radius 3 is 2.48 bits per heavy atom. The zero-order chi connectivity index (χ0) is 15.4. The monoisotopic (exact) mass is 321 g/mol. The number of amides is 1. The standard InChI is InChI=1S/C16H16ClNO2S/c1-18(10-11-3-6-13(21-2)7-4-11)16(20)12-5-8-15(19)14(17)9-12/h3-9,19H,10H2,1-2H3. The summed E-state index contributed by atoms with van der Waals surface area (Å²) in [6, 6.07) is 12.6. The average molecular weight is 322 g/mol. The number of carbonyl (C=O) groups excluding carboxylic acids is 1. The molecule has 0 unspecified atom stereocenters. The summed E-state index contributed by atoms with van der Waals surface area (Å²) in [7, 11) is 1.74. The zero-order valence-corrected chi connectivity index (χ0v) is 13.4. The van der Waals surface area contributed by atoms with E-state index in [1.165, 1.54) is 17.0 Å². The van der Waals surface area contributed by atoms with Crippen LogP contribution < -0.4 is 0 Å². The molecule has 0 radical (unpaired) electrons. The third kappa shape index (κ3) is 3.93. The Morgan fingerprint density at radius 1 is 1.24 bits per heavy atom. The minimum absolute atomic E-state index is 0.0245. The molecule has 0 aliphatic heterocycles. The molecule has 1 amide bonds. The highest BCUT2D eigenvalue weighted by Crippen LogP contribution is 2.24. The third-order valence-corrected chi connectivity index (χ3v) is 4.17. The lowest BCUT2D eigenvalue weighted by Gasteiger charge is -2.17. The van der Waals surface area contributed by atoms with Gasteiger partial charge in [-0.2, -0.15) is 0 Å². The molecular weight excluding hydrogens is 306 g/mol. The molecule has 3 nitrogen and oxygen atoms in total. The number of benzene rings is 2. The lowest BCUT2D eigenvalue weighted by molar-refractivity contribution is 0.0785. The number of halogens is 1. The van der Waals surface area contributed by atoms with Gasteiger partial charge in [-0.05, 0) is 42.2 Å². The normalized spacial score (nSPS) is 10.4. The van der Waals surface area contributed by atoms with Gasteiger partial charge in [-0.1, -0.05) is 23.7 Å². The van der Waals surface area contributed by atoms with Crippen LogP contribution in [0.3, 0.4) is 0 Å². The average Bonchev–Trinajstić information content (AvgIpc) is 2.50. The fourth-order valence-electron chi connectivity index (χ4n) is 1.94. The van der Waals surface area contributed by atoms with Crippen LogP contribution >= 0.6 is 23.4 Å². The molecule has 0 saturated heterocycles. The zero-order valence-electron chi connectivity index (χ0n) is 11.8. The van der Waals surface area contributed by atoms with E-state index in [0.29, 0.717) is 12.1 Å². The van der Waals surface area contributed by atoms with Crippen LogP contribution in [0.25, 0.3) is 0 Å². The maximum atomic E-state index is 12.3. The summed E-state index contributed by atoms with van der Waals surface area (Å²) in [5.74, 6) is -0.158. The van der Waals surface area contributed by atoms with Crippen LogP contribution in [0.5, 0.6) is 5.75 Å². The number of thioether (sulfide) groups is 1. The Balaban J connectivity index is 2.09. The minimum Gasteiger partial charge on any atom is -0.506 e. The topological polar surface area (TPSA) is 40.5 Å². The smallest absolute Gasteiger partial charge is 0.253 e. The second-order valence-corrected chi connectivity index (χ2v) is 5.96. The molecule has 2 aromatic rings. The van der Waals surface area contributed by atoms with Crippen molar-refractivity contribution in [2.45, 2.75) is 11.4 Å². The van der Waals surface area contributed by atoms with Crippen molar-refractivity contribution in [1.29, 1.82) is 0 Å². The van der Waals surface area contributed by atoms with E-state index in [0.717, 1.165) is 5.56 Å². The molecule has 2 rings (SSSR count). The van der Waals surface area contributed by atoms with Crippen LogP contribution in [0, 0.1) is 0 Å². The first kappa shape index (κ1) is 15.7. The summed E-state index contributed by atoms with van der Waals surface area (Å²) in [5.41, 5.74) is 1.52. The van der Waals surface area contributed by atoms with Crippen LogP contribution in [0.2, 0.25) is 5.02 Å². The Morgan fingerprint density at radius 2 is 1.90 bits per heavy atom. The van der Waals surface area contributed by atoms with Crippen molar-refractivity contribution >= 4 is 29.3 Å². The molecule has 0 aliphatic rings. The molecule has 0 aromatic heterocycles. The number of nitrogens with zero attached hydrogens (tertiary/aromatic N) is 1. The highest BCUT2D eigenvalue weighted by Gasteiger charge is 2.13. The second-order valence-electron chi connectivity index (χ2n) is 4.68. The quantitative estimate of drug-likeness (QED) is 0.864. The summed E-state index contributed by atoms with van der Waals surface area (Å²) >= 11 is 7.52. The molecule has 21 heavy (non-hydrogen) atoms. The predicted octanol–water partition coefficient (Wildman–Crippen LogP) is 4.04. The van der Waals surface area contributed by atoms with E-state index < -0.39 is 0 Å². The number of phenolic OH excluding ortho intramolecular Hbond substituents is 1. The fraction of sp³-hybridized carbons (Fsp3) is 0.188. The maximum Gasteiger partial charge on any atom is 0.253 e. The number of carbonyl (C=O) groups is 1. The number of phenols is 1. The van der Waals surface area contributed by atoms with Gasteiger partial charge in [0.15, 0.2) is 0 Å². The minimum atomic E-state index is -0.133. The first-order valence-corrected chi connectivity index (χ1v) is 7.98. The Bertz CT molecular complexity index is 643. The Hall–Kier alpha value is -1.65. The molecule has 2 aromatic carbocycles. The van der Waals surface area contributed by atoms with Gasteiger partial charge in [-0.3, -0.25) is 4.79 Å². The number of hydrogen-bond donors (Lipinski definition) is 1. The van der Waals surface area contributed by atoms with Gasteiger partial charge in [0.25, 0.3) is 5.91 Å². The van der Waals surface area contributed by atoms with Crippen molar-refractivity contribution in [3.05, 3.63) is 58.6 Å². The van der Waals surface area contributed by atoms with Crippen LogP contribution in [-0.2, 0) is 6.54 Å². The van der Waals surface area contributed by atoms with Crippen LogP contribution in [0.1, 0.15) is 15.9 Å². The van der Waals surface area contributed by atoms with Gasteiger partial charge in [0.05, 0.1) is 5.02 Å². The Kier molecular flexibility index (Phi) is 5.15. The van der Waals surface area contributed by atoms with Crippen molar-refractivity contribution < 1.29 is 9.90 Å². The molecule has 0 aliphatic carbocycles. The fourth-order valence-corrected chi connectivity index (χ4v) is 2.53. The van der Waals surface area contributed by atoms with Crippen LogP contribution in [0.15, 0.2) is 47.4 Å². The summed E-state index contributed by atoms with van der Waals surface area (Å²) < 4.78 is 0. The molecule has 0 atom stereocenters. The van der Waals surface area contributed by atoms with Gasteiger partial charge in [-0.25, -0.2) is 0 Å². The third-order valence-electron chi connectivity index (χ3n) is 3.12. The number of rotatable bonds is 4. The molecule has 5 heteroatoms. The molecule has 0 fully saturated rings. The van der Waals surface area contributed by atoms with Crippen molar-refractivity contribution in [3.63, 3.8) is 0 Å². The van der Waals surface area contributed by atoms with Gasteiger partial charge >= 0.3 is 0 Å². The lowest BCUT2D eigenvalue weighted by atomic mass is 10.1. The van der Waals surface area contributed by atoms with Gasteiger partial charge in [-0.15, -0.1) is 11.8 Å². The largest absolute Gasteiger partial charge is 0.506 e. The lowest BCUT2D eigenvalue weighted by Crippen LogP contribution is -2.26. The van der Waals surface area contributed by atoms with Gasteiger partial charge in [0.2, 0.25) is 0 Å². The summed E-state index contributed by atoms with van der Waals surface area (Å²) in [6.45, 7) is 0.520. The first-order valence-electron chi connectivity index (χ1n) is 6.38. The molecule has 0 saturated carbocycles. The highest BCUT2D eigenvalue weighted by atomic mass is 35.5. The molecular formula is C16H16ClNO2S. The molecule has 1 N–H and O–H groups in total. The number of aromatic hydroxyl groups is 1. The van der Waals surface area contributed by atoms with Crippen molar-refractivity contribution in [2.24, 2.45) is 0 Å². The predicted molar refractivity (Wildman–Crippen MR) is 87.1 cm³/mol. The van der Waals surface area contributed by atoms with E-state index in [1.807, 2.05) is 30.5 Å². The van der Waals surface area contributed by atoms with E-state index >= 15 is 0 Å². The van der Waals surface area contributed by atoms with Crippen molar-refractivity contribution in [3.8, 4) is 5.75 Å². The molecule has 0 heterocycles. The van der Waals surface area contributed by atoms with E-state index in [-0.39, 0.29) is 16.7 Å². The van der Waals surface area contributed by atoms with Gasteiger partial charge in [0.1, 0.15) is 5.75 Å². The van der Waals surface area contributed by atoms with E-state index in [9.17, 15) is 9.90 Å². The van der Waals surface area contributed by atoms with Gasteiger partial charge < -0.3 is 10.0 Å². The second kappa shape index (κ2) is 6.87. The van der Waals surface area contributed by atoms with Crippen molar-refractivity contribution in [2.75, 3.05) is 13.3 Å². The first-order chi connectivity index (χ1) is 10.0. The van der Waals surface area contributed by atoms with E-state index in [4.69, 9.17) is 11.6 Å². The van der Waals surface area contributed by atoms with Crippen LogP contribution in [0.4, 0.5) is 0 Å². The molecule has 0 bridgehead atoms. The molecule has 110 valence electrons. The van der Waals surface area contributed by atoms with Crippen molar-refractivity contribution in [1.82, 2.24) is 4.90 Å². The Labute approximate surface area is 133 Å². The summed E-state index contributed by atoms with van der Waals surface area (Å²) in [4.78, 5) is 15.1. The highest BCUT2D eigenvalue weighted by molar-refractivity contribution is 7.98. The SMILES string of the molecule is CSc1ccc(CN(C)C(=O)c2ccc(O)c(Cl)c2)cc1. The van der Waals surface area contributed by atoms with E-state index in [2.05, 4.69) is 0 Å². The maximum absolute atomic E-state index is 12.3. The van der Waals surface area contributed by atoms with E-state index in [1.54, 1.807) is 29.8 Å². The van der Waals surface area contributed by atoms with Gasteiger partial charge in [0, 0.05) is 24.1 Å². The summed E-state index contributed by atoms with van der Waals surface area (Å²) in [5, 5.41) is 9.57. The number of hydrogen-bond acceptors (Lipinski definition) is 3.